The van der Waals surface area contributed by atoms with Gasteiger partial charge in [-0.25, -0.2) is 4.98 Å². The standard InChI is InChI=1S/C19H16N4O4S2/c1-12-20-15(10-28-12)11-29-17-7-5-13(6-8-17)18(24)21-22-19(25)14-3-2-4-16(9-14)23(26)27/h2-10H,11H2,1H3,(H,21,24)(H,22,25). The van der Waals surface area contributed by atoms with Crippen molar-refractivity contribution in [2.45, 2.75) is 17.6 Å². The van der Waals surface area contributed by atoms with Gasteiger partial charge >= 0.3 is 0 Å². The predicted molar refractivity (Wildman–Crippen MR) is 111 cm³/mol. The number of rotatable bonds is 6. The van der Waals surface area contributed by atoms with Gasteiger partial charge in [0.05, 0.1) is 15.6 Å². The Balaban J connectivity index is 1.53. The van der Waals surface area contributed by atoms with Gasteiger partial charge in [0.1, 0.15) is 0 Å². The van der Waals surface area contributed by atoms with Gasteiger partial charge in [-0.3, -0.25) is 30.6 Å². The van der Waals surface area contributed by atoms with Crippen LogP contribution in [0, 0.1) is 17.0 Å². The topological polar surface area (TPSA) is 114 Å². The Morgan fingerprint density at radius 2 is 1.79 bits per heavy atom. The van der Waals surface area contributed by atoms with Gasteiger partial charge in [0.15, 0.2) is 0 Å². The highest BCUT2D eigenvalue weighted by atomic mass is 32.2. The minimum atomic E-state index is -0.646. The number of hydrogen-bond acceptors (Lipinski definition) is 7. The maximum absolute atomic E-state index is 12.2. The van der Waals surface area contributed by atoms with E-state index in [1.54, 1.807) is 35.2 Å². The summed E-state index contributed by atoms with van der Waals surface area (Å²) in [6.07, 6.45) is 0. The number of hydrazine groups is 1. The molecule has 3 aromatic rings. The molecule has 2 amide bonds. The van der Waals surface area contributed by atoms with Gasteiger partial charge in [0.2, 0.25) is 0 Å². The van der Waals surface area contributed by atoms with E-state index in [0.29, 0.717) is 5.56 Å². The Labute approximate surface area is 174 Å². The van der Waals surface area contributed by atoms with Crippen LogP contribution >= 0.6 is 23.1 Å². The van der Waals surface area contributed by atoms with E-state index in [1.165, 1.54) is 18.2 Å². The molecule has 10 heteroatoms. The van der Waals surface area contributed by atoms with Gasteiger partial charge in [0, 0.05) is 39.3 Å². The molecule has 0 radical (unpaired) electrons. The third kappa shape index (κ3) is 5.62. The summed E-state index contributed by atoms with van der Waals surface area (Å²) in [5.41, 5.74) is 5.81. The van der Waals surface area contributed by atoms with E-state index in [4.69, 9.17) is 0 Å². The van der Waals surface area contributed by atoms with Gasteiger partial charge in [-0.15, -0.1) is 23.1 Å². The largest absolute Gasteiger partial charge is 0.270 e. The van der Waals surface area contributed by atoms with Crippen molar-refractivity contribution in [2.75, 3.05) is 0 Å². The van der Waals surface area contributed by atoms with Crippen molar-refractivity contribution >= 4 is 40.6 Å². The number of thiazole rings is 1. The zero-order valence-electron chi connectivity index (χ0n) is 15.2. The number of nitrogens with zero attached hydrogens (tertiary/aromatic N) is 2. The molecule has 3 rings (SSSR count). The number of non-ortho nitro benzene ring substituents is 1. The molecule has 1 aromatic heterocycles. The zero-order chi connectivity index (χ0) is 20.8. The quantitative estimate of drug-likeness (QED) is 0.351. The molecular formula is C19H16N4O4S2. The van der Waals surface area contributed by atoms with E-state index in [0.717, 1.165) is 27.4 Å². The SMILES string of the molecule is Cc1nc(CSc2ccc(C(=O)NNC(=O)c3cccc([N+](=O)[O-])c3)cc2)cs1. The first-order valence-corrected chi connectivity index (χ1v) is 10.3. The van der Waals surface area contributed by atoms with Gasteiger partial charge in [0.25, 0.3) is 17.5 Å². The van der Waals surface area contributed by atoms with E-state index in [-0.39, 0.29) is 11.3 Å². The van der Waals surface area contributed by atoms with Crippen LogP contribution < -0.4 is 10.9 Å². The molecule has 29 heavy (non-hydrogen) atoms. The first-order valence-electron chi connectivity index (χ1n) is 8.41. The highest BCUT2D eigenvalue weighted by Crippen LogP contribution is 2.23. The van der Waals surface area contributed by atoms with Crippen LogP contribution in [-0.2, 0) is 5.75 Å². The molecule has 0 bridgehead atoms. The van der Waals surface area contributed by atoms with Crippen molar-refractivity contribution in [3.05, 3.63) is 85.9 Å². The highest BCUT2D eigenvalue weighted by molar-refractivity contribution is 7.98. The van der Waals surface area contributed by atoms with Crippen LogP contribution in [0.3, 0.4) is 0 Å². The lowest BCUT2D eigenvalue weighted by molar-refractivity contribution is -0.384. The molecule has 1 heterocycles. The number of nitro benzene ring substituents is 1. The van der Waals surface area contributed by atoms with Gasteiger partial charge in [-0.1, -0.05) is 6.07 Å². The molecule has 8 nitrogen and oxygen atoms in total. The number of amides is 2. The molecule has 148 valence electrons. The second-order valence-electron chi connectivity index (χ2n) is 5.89. The van der Waals surface area contributed by atoms with Crippen LogP contribution in [-0.4, -0.2) is 21.7 Å². The second-order valence-corrected chi connectivity index (χ2v) is 8.00. The van der Waals surface area contributed by atoms with Gasteiger partial charge in [-0.2, -0.15) is 0 Å². The molecule has 0 fully saturated rings. The van der Waals surface area contributed by atoms with Gasteiger partial charge < -0.3 is 0 Å². The van der Waals surface area contributed by atoms with Crippen LogP contribution in [0.25, 0.3) is 0 Å². The monoisotopic (exact) mass is 428 g/mol. The lowest BCUT2D eigenvalue weighted by Gasteiger charge is -2.08. The Hall–Kier alpha value is -3.24. The van der Waals surface area contributed by atoms with Crippen LogP contribution in [0.2, 0.25) is 0 Å². The summed E-state index contributed by atoms with van der Waals surface area (Å²) in [7, 11) is 0. The van der Waals surface area contributed by atoms with E-state index in [9.17, 15) is 19.7 Å². The number of aryl methyl sites for hydroxylation is 1. The van der Waals surface area contributed by atoms with Crippen molar-refractivity contribution in [1.82, 2.24) is 15.8 Å². The first-order chi connectivity index (χ1) is 13.9. The first kappa shape index (κ1) is 20.5. The Morgan fingerprint density at radius 1 is 1.10 bits per heavy atom. The molecule has 2 aromatic carbocycles. The zero-order valence-corrected chi connectivity index (χ0v) is 16.9. The fraction of sp³-hybridized carbons (Fsp3) is 0.105. The van der Waals surface area contributed by atoms with Crippen LogP contribution in [0.4, 0.5) is 5.69 Å². The summed E-state index contributed by atoms with van der Waals surface area (Å²) in [6.45, 7) is 1.96. The van der Waals surface area contributed by atoms with Crippen LogP contribution in [0.1, 0.15) is 31.4 Å². The average molecular weight is 428 g/mol. The summed E-state index contributed by atoms with van der Waals surface area (Å²) in [6, 6.07) is 12.2. The lowest BCUT2D eigenvalue weighted by atomic mass is 10.2. The van der Waals surface area contributed by atoms with Gasteiger partial charge in [-0.05, 0) is 37.3 Å². The summed E-state index contributed by atoms with van der Waals surface area (Å²) < 4.78 is 0. The molecule has 0 unspecified atom stereocenters. The van der Waals surface area contributed by atoms with Crippen molar-refractivity contribution in [3.63, 3.8) is 0 Å². The molecule has 0 aliphatic carbocycles. The predicted octanol–water partition coefficient (Wildman–Crippen LogP) is 3.73. The average Bonchev–Trinajstić information content (AvgIpc) is 3.15. The number of nitro groups is 1. The number of nitrogens with one attached hydrogen (secondary N) is 2. The van der Waals surface area contributed by atoms with E-state index >= 15 is 0 Å². The molecule has 0 saturated carbocycles. The van der Waals surface area contributed by atoms with Crippen molar-refractivity contribution in [3.8, 4) is 0 Å². The van der Waals surface area contributed by atoms with E-state index in [1.807, 2.05) is 24.4 Å². The Morgan fingerprint density at radius 3 is 2.41 bits per heavy atom. The van der Waals surface area contributed by atoms with E-state index in [2.05, 4.69) is 15.8 Å². The molecule has 0 saturated heterocycles. The number of thioether (sulfide) groups is 1. The maximum atomic E-state index is 12.2. The molecule has 0 aliphatic heterocycles. The van der Waals surface area contributed by atoms with Crippen LogP contribution in [0.5, 0.6) is 0 Å². The number of carbonyl (C=O) groups is 2. The lowest BCUT2D eigenvalue weighted by Crippen LogP contribution is -2.41. The number of benzene rings is 2. The van der Waals surface area contributed by atoms with Crippen molar-refractivity contribution in [2.24, 2.45) is 0 Å². The summed E-state index contributed by atoms with van der Waals surface area (Å²) in [5, 5.41) is 13.8. The molecule has 0 aliphatic rings. The number of aromatic nitrogens is 1. The minimum absolute atomic E-state index is 0.0727. The third-order valence-electron chi connectivity index (χ3n) is 3.78. The molecule has 2 N–H and O–H groups in total. The van der Waals surface area contributed by atoms with E-state index < -0.39 is 16.7 Å². The third-order valence-corrected chi connectivity index (χ3v) is 5.65. The summed E-state index contributed by atoms with van der Waals surface area (Å²) in [5.74, 6) is -0.391. The highest BCUT2D eigenvalue weighted by Gasteiger charge is 2.13. The number of hydrogen-bond donors (Lipinski definition) is 2. The Kier molecular flexibility index (Phi) is 6.57. The summed E-state index contributed by atoms with van der Waals surface area (Å²) >= 11 is 3.22. The van der Waals surface area contributed by atoms with Crippen molar-refractivity contribution < 1.29 is 14.5 Å². The fourth-order valence-corrected chi connectivity index (χ4v) is 3.86. The van der Waals surface area contributed by atoms with Crippen molar-refractivity contribution in [1.29, 1.82) is 0 Å². The summed E-state index contributed by atoms with van der Waals surface area (Å²) in [4.78, 5) is 39.9. The maximum Gasteiger partial charge on any atom is 0.270 e. The van der Waals surface area contributed by atoms with Crippen LogP contribution in [0.15, 0.2) is 58.8 Å². The second kappa shape index (κ2) is 9.30. The smallest absolute Gasteiger partial charge is 0.267 e. The number of carbonyl (C=O) groups excluding carboxylic acids is 2. The molecule has 0 spiro atoms. The molecule has 0 atom stereocenters. The Bertz CT molecular complexity index is 1050. The normalized spacial score (nSPS) is 10.4. The minimum Gasteiger partial charge on any atom is -0.267 e. The molecular weight excluding hydrogens is 412 g/mol. The fourth-order valence-electron chi connectivity index (χ4n) is 2.35.